The zero-order valence-electron chi connectivity index (χ0n) is 15.2. The summed E-state index contributed by atoms with van der Waals surface area (Å²) in [7, 11) is 0. The van der Waals surface area contributed by atoms with Crippen LogP contribution in [0.15, 0.2) is 24.7 Å². The van der Waals surface area contributed by atoms with Gasteiger partial charge in [0.05, 0.1) is 29.9 Å². The van der Waals surface area contributed by atoms with E-state index in [1.807, 2.05) is 30.1 Å². The van der Waals surface area contributed by atoms with Crippen LogP contribution >= 0.6 is 0 Å². The summed E-state index contributed by atoms with van der Waals surface area (Å²) in [6.45, 7) is 6.37. The van der Waals surface area contributed by atoms with Gasteiger partial charge in [-0.2, -0.15) is 15.1 Å². The Morgan fingerprint density at radius 3 is 3.08 bits per heavy atom. The fraction of sp³-hybridized carbons (Fsp3) is 0.500. The largest absolute Gasteiger partial charge is 0.380 e. The van der Waals surface area contributed by atoms with Gasteiger partial charge in [-0.05, 0) is 38.7 Å². The van der Waals surface area contributed by atoms with E-state index in [2.05, 4.69) is 37.6 Å². The highest BCUT2D eigenvalue weighted by molar-refractivity contribution is 5.88. The molecule has 0 amide bonds. The standard InChI is InChI=1S/C18H25N7O/c1-3-26-11-12(2)25-10-14(9-21-25)22-18-23-16-15(6-7-19-16)17(24-18)20-8-13-4-5-13/h6-7,9-10,12-13H,3-5,8,11H2,1-2H3,(H3,19,20,22,23,24). The number of aromatic amines is 1. The normalized spacial score (nSPS) is 15.3. The van der Waals surface area contributed by atoms with Crippen molar-refractivity contribution in [3.05, 3.63) is 24.7 Å². The second-order valence-electron chi connectivity index (χ2n) is 6.80. The van der Waals surface area contributed by atoms with E-state index >= 15 is 0 Å². The highest BCUT2D eigenvalue weighted by atomic mass is 16.5. The van der Waals surface area contributed by atoms with E-state index < -0.39 is 0 Å². The van der Waals surface area contributed by atoms with Crippen LogP contribution in [-0.2, 0) is 4.74 Å². The molecule has 26 heavy (non-hydrogen) atoms. The number of hydrogen-bond acceptors (Lipinski definition) is 6. The Balaban J connectivity index is 1.50. The van der Waals surface area contributed by atoms with E-state index in [0.717, 1.165) is 35.0 Å². The van der Waals surface area contributed by atoms with Gasteiger partial charge < -0.3 is 20.4 Å². The third kappa shape index (κ3) is 3.80. The number of nitrogens with one attached hydrogen (secondary N) is 3. The summed E-state index contributed by atoms with van der Waals surface area (Å²) >= 11 is 0. The summed E-state index contributed by atoms with van der Waals surface area (Å²) in [5.74, 6) is 2.19. The monoisotopic (exact) mass is 355 g/mol. The van der Waals surface area contributed by atoms with Gasteiger partial charge in [-0.15, -0.1) is 0 Å². The summed E-state index contributed by atoms with van der Waals surface area (Å²) < 4.78 is 7.35. The fourth-order valence-corrected chi connectivity index (χ4v) is 2.83. The van der Waals surface area contributed by atoms with Gasteiger partial charge in [0.2, 0.25) is 5.95 Å². The van der Waals surface area contributed by atoms with Gasteiger partial charge in [0.25, 0.3) is 0 Å². The minimum absolute atomic E-state index is 0.174. The molecule has 8 heteroatoms. The maximum atomic E-state index is 5.47. The van der Waals surface area contributed by atoms with Gasteiger partial charge in [-0.1, -0.05) is 0 Å². The maximum absolute atomic E-state index is 5.47. The molecule has 0 saturated heterocycles. The summed E-state index contributed by atoms with van der Waals surface area (Å²) in [5, 5.41) is 12.1. The molecule has 8 nitrogen and oxygen atoms in total. The third-order valence-corrected chi connectivity index (χ3v) is 4.54. The van der Waals surface area contributed by atoms with E-state index in [1.54, 1.807) is 6.20 Å². The molecule has 0 radical (unpaired) electrons. The van der Waals surface area contributed by atoms with Gasteiger partial charge in [-0.25, -0.2) is 0 Å². The molecule has 0 aromatic carbocycles. The number of aromatic nitrogens is 5. The number of hydrogen-bond donors (Lipinski definition) is 3. The first-order chi connectivity index (χ1) is 12.7. The van der Waals surface area contributed by atoms with Gasteiger partial charge in [0.1, 0.15) is 11.5 Å². The van der Waals surface area contributed by atoms with Gasteiger partial charge in [0.15, 0.2) is 0 Å². The first-order valence-corrected chi connectivity index (χ1v) is 9.21. The molecule has 138 valence electrons. The molecule has 1 aliphatic rings. The Bertz CT molecular complexity index is 867. The molecule has 1 unspecified atom stereocenters. The molecule has 0 spiro atoms. The van der Waals surface area contributed by atoms with Crippen molar-refractivity contribution in [1.82, 2.24) is 24.7 Å². The SMILES string of the molecule is CCOCC(C)n1cc(Nc2nc(NCC3CC3)c3cc[nH]c3n2)cn1. The third-order valence-electron chi connectivity index (χ3n) is 4.54. The Morgan fingerprint density at radius 1 is 1.38 bits per heavy atom. The molecule has 1 saturated carbocycles. The lowest BCUT2D eigenvalue weighted by molar-refractivity contribution is 0.115. The summed E-state index contributed by atoms with van der Waals surface area (Å²) in [5.41, 5.74) is 1.67. The maximum Gasteiger partial charge on any atom is 0.231 e. The first kappa shape index (κ1) is 16.8. The second kappa shape index (κ2) is 7.33. The Labute approximate surface area is 152 Å². The smallest absolute Gasteiger partial charge is 0.231 e. The molecule has 3 N–H and O–H groups in total. The zero-order valence-corrected chi connectivity index (χ0v) is 15.2. The van der Waals surface area contributed by atoms with E-state index in [0.29, 0.717) is 19.2 Å². The van der Waals surface area contributed by atoms with Crippen LogP contribution < -0.4 is 10.6 Å². The van der Waals surface area contributed by atoms with Crippen LogP contribution in [0.5, 0.6) is 0 Å². The quantitative estimate of drug-likeness (QED) is 0.545. The number of ether oxygens (including phenoxy) is 1. The average Bonchev–Trinajstić information content (AvgIpc) is 3.14. The van der Waals surface area contributed by atoms with Crippen molar-refractivity contribution in [3.63, 3.8) is 0 Å². The minimum atomic E-state index is 0.174. The molecule has 3 aromatic rings. The van der Waals surface area contributed by atoms with Crippen LogP contribution in [0.3, 0.4) is 0 Å². The second-order valence-corrected chi connectivity index (χ2v) is 6.80. The topological polar surface area (TPSA) is 92.7 Å². The number of fused-ring (bicyclic) bond motifs is 1. The summed E-state index contributed by atoms with van der Waals surface area (Å²) in [6, 6.07) is 2.18. The van der Waals surface area contributed by atoms with Crippen LogP contribution in [0.2, 0.25) is 0 Å². The van der Waals surface area contributed by atoms with Crippen LogP contribution in [0.4, 0.5) is 17.5 Å². The summed E-state index contributed by atoms with van der Waals surface area (Å²) in [4.78, 5) is 12.4. The lowest BCUT2D eigenvalue weighted by Crippen LogP contribution is -2.12. The van der Waals surface area contributed by atoms with Crippen molar-refractivity contribution in [3.8, 4) is 0 Å². The lowest BCUT2D eigenvalue weighted by Gasteiger charge is -2.11. The van der Waals surface area contributed by atoms with Gasteiger partial charge >= 0.3 is 0 Å². The van der Waals surface area contributed by atoms with Crippen molar-refractivity contribution in [2.75, 3.05) is 30.4 Å². The molecule has 1 fully saturated rings. The van der Waals surface area contributed by atoms with E-state index in [9.17, 15) is 0 Å². The molecule has 1 atom stereocenters. The zero-order chi connectivity index (χ0) is 17.9. The van der Waals surface area contributed by atoms with Crippen LogP contribution in [0.25, 0.3) is 11.0 Å². The van der Waals surface area contributed by atoms with Crippen LogP contribution in [0.1, 0.15) is 32.7 Å². The summed E-state index contributed by atoms with van der Waals surface area (Å²) in [6.07, 6.45) is 8.22. The highest BCUT2D eigenvalue weighted by Crippen LogP contribution is 2.30. The predicted molar refractivity (Wildman–Crippen MR) is 102 cm³/mol. The molecule has 0 bridgehead atoms. The lowest BCUT2D eigenvalue weighted by atomic mass is 10.3. The van der Waals surface area contributed by atoms with Crippen molar-refractivity contribution >= 4 is 28.5 Å². The predicted octanol–water partition coefficient (Wildman–Crippen LogP) is 3.32. The van der Waals surface area contributed by atoms with Crippen molar-refractivity contribution in [2.24, 2.45) is 5.92 Å². The Morgan fingerprint density at radius 2 is 2.27 bits per heavy atom. The molecule has 3 aromatic heterocycles. The molecule has 3 heterocycles. The molecule has 0 aliphatic heterocycles. The fourth-order valence-electron chi connectivity index (χ4n) is 2.83. The van der Waals surface area contributed by atoms with Gasteiger partial charge in [-0.3, -0.25) is 4.68 Å². The Kier molecular flexibility index (Phi) is 4.75. The number of rotatable bonds is 9. The van der Waals surface area contributed by atoms with Crippen molar-refractivity contribution in [2.45, 2.75) is 32.7 Å². The van der Waals surface area contributed by atoms with Crippen molar-refractivity contribution < 1.29 is 4.74 Å². The number of anilines is 3. The minimum Gasteiger partial charge on any atom is -0.380 e. The first-order valence-electron chi connectivity index (χ1n) is 9.21. The highest BCUT2D eigenvalue weighted by Gasteiger charge is 2.21. The Hall–Kier alpha value is -2.61. The van der Waals surface area contributed by atoms with E-state index in [4.69, 9.17) is 4.74 Å². The number of nitrogens with zero attached hydrogens (tertiary/aromatic N) is 4. The van der Waals surface area contributed by atoms with Crippen molar-refractivity contribution in [1.29, 1.82) is 0 Å². The molecule has 1 aliphatic carbocycles. The molecule has 4 rings (SSSR count). The van der Waals surface area contributed by atoms with E-state index in [1.165, 1.54) is 12.8 Å². The molecular weight excluding hydrogens is 330 g/mol. The van der Waals surface area contributed by atoms with Crippen LogP contribution in [0, 0.1) is 5.92 Å². The average molecular weight is 355 g/mol. The van der Waals surface area contributed by atoms with Crippen LogP contribution in [-0.4, -0.2) is 44.5 Å². The van der Waals surface area contributed by atoms with E-state index in [-0.39, 0.29) is 6.04 Å². The van der Waals surface area contributed by atoms with Gasteiger partial charge in [0, 0.05) is 25.5 Å². The molecular formula is C18H25N7O. The number of H-pyrrole nitrogens is 1.